The van der Waals surface area contributed by atoms with E-state index in [0.29, 0.717) is 46.1 Å². The van der Waals surface area contributed by atoms with Crippen LogP contribution in [0.1, 0.15) is 74.7 Å². The molecule has 2 aliphatic heterocycles. The third-order valence-electron chi connectivity index (χ3n) is 7.78. The van der Waals surface area contributed by atoms with Crippen molar-refractivity contribution in [3.63, 3.8) is 0 Å². The zero-order valence-corrected chi connectivity index (χ0v) is 29.1. The zero-order chi connectivity index (χ0) is 34.1. The third kappa shape index (κ3) is 15.5. The second-order valence-electron chi connectivity index (χ2n) is 12.6. The first-order valence-electron chi connectivity index (χ1n) is 16.5. The van der Waals surface area contributed by atoms with E-state index in [2.05, 4.69) is 18.3 Å². The molecule has 11 heteroatoms. The number of rotatable bonds is 19. The monoisotopic (exact) mass is 651 g/mol. The summed E-state index contributed by atoms with van der Waals surface area (Å²) in [6, 6.07) is -0.122. The Labute approximate surface area is 275 Å². The molecule has 262 valence electrons. The van der Waals surface area contributed by atoms with Crippen LogP contribution in [0.25, 0.3) is 0 Å². The van der Waals surface area contributed by atoms with Crippen LogP contribution in [0.4, 0.5) is 0 Å². The molecule has 0 radical (unpaired) electrons. The Balaban J connectivity index is 1.84. The highest BCUT2D eigenvalue weighted by molar-refractivity contribution is 5.88. The number of carbonyl (C=O) groups excluding carboxylic acids is 3. The van der Waals surface area contributed by atoms with Crippen LogP contribution in [0, 0.1) is 5.92 Å². The van der Waals surface area contributed by atoms with Gasteiger partial charge in [-0.25, -0.2) is 0 Å². The fourth-order valence-electron chi connectivity index (χ4n) is 5.41. The minimum absolute atomic E-state index is 0.00336. The van der Waals surface area contributed by atoms with Crippen LogP contribution in [-0.2, 0) is 47.5 Å². The van der Waals surface area contributed by atoms with Crippen LogP contribution in [-0.4, -0.2) is 106 Å². The van der Waals surface area contributed by atoms with Gasteiger partial charge in [0.15, 0.2) is 5.78 Å². The van der Waals surface area contributed by atoms with E-state index >= 15 is 0 Å². The summed E-state index contributed by atoms with van der Waals surface area (Å²) < 4.78 is 39.8. The van der Waals surface area contributed by atoms with E-state index in [4.69, 9.17) is 33.2 Å². The number of Topliss-reactive ketones (excluding diaryl/α,β-unsaturated/α-hetero) is 1. The summed E-state index contributed by atoms with van der Waals surface area (Å²) in [5.74, 6) is -0.400. The summed E-state index contributed by atoms with van der Waals surface area (Å²) in [4.78, 5) is 36.4. The Kier molecular flexibility index (Phi) is 17.9. The lowest BCUT2D eigenvalue weighted by molar-refractivity contribution is -0.176. The van der Waals surface area contributed by atoms with Crippen LogP contribution in [0.5, 0.6) is 0 Å². The minimum atomic E-state index is -0.697. The molecule has 2 heterocycles. The second kappa shape index (κ2) is 20.7. The van der Waals surface area contributed by atoms with E-state index in [1.165, 1.54) is 13.0 Å². The van der Waals surface area contributed by atoms with Gasteiger partial charge in [0.2, 0.25) is 5.91 Å². The Morgan fingerprint density at radius 1 is 1.02 bits per heavy atom. The topological polar surface area (TPSA) is 128 Å². The molecule has 46 heavy (non-hydrogen) atoms. The molecule has 0 aromatic carbocycles. The van der Waals surface area contributed by atoms with Gasteiger partial charge in [-0.3, -0.25) is 14.4 Å². The van der Waals surface area contributed by atoms with Gasteiger partial charge in [0.25, 0.3) is 0 Å². The largest absolute Gasteiger partial charge is 0.459 e. The highest BCUT2D eigenvalue weighted by Gasteiger charge is 2.41. The van der Waals surface area contributed by atoms with E-state index in [-0.39, 0.29) is 48.9 Å². The van der Waals surface area contributed by atoms with Crippen molar-refractivity contribution in [3.05, 3.63) is 36.0 Å². The minimum Gasteiger partial charge on any atom is -0.459 e. The Morgan fingerprint density at radius 2 is 1.67 bits per heavy atom. The fraction of sp³-hybridized carbons (Fsp3) is 0.743. The maximum atomic E-state index is 13.0. The van der Waals surface area contributed by atoms with Gasteiger partial charge in [0.05, 0.1) is 63.5 Å². The molecule has 2 aliphatic rings. The quantitative estimate of drug-likeness (QED) is 0.0936. The molecule has 0 aromatic heterocycles. The molecule has 0 bridgehead atoms. The average molecular weight is 652 g/mol. The van der Waals surface area contributed by atoms with E-state index in [1.54, 1.807) is 13.0 Å². The van der Waals surface area contributed by atoms with E-state index in [1.807, 2.05) is 46.8 Å². The predicted octanol–water partition coefficient (Wildman–Crippen LogP) is 4.28. The molecule has 0 spiro atoms. The number of hydrogen-bond acceptors (Lipinski definition) is 10. The van der Waals surface area contributed by atoms with Gasteiger partial charge in [0, 0.05) is 26.0 Å². The summed E-state index contributed by atoms with van der Waals surface area (Å²) in [5.41, 5.74) is 0.444. The lowest BCUT2D eigenvalue weighted by Gasteiger charge is -2.39. The lowest BCUT2D eigenvalue weighted by atomic mass is 9.88. The molecular weight excluding hydrogens is 594 g/mol. The summed E-state index contributed by atoms with van der Waals surface area (Å²) in [6.07, 6.45) is 8.88. The molecule has 0 aliphatic carbocycles. The third-order valence-corrected chi connectivity index (χ3v) is 7.78. The number of ketones is 1. The van der Waals surface area contributed by atoms with Gasteiger partial charge >= 0.3 is 5.97 Å². The van der Waals surface area contributed by atoms with Gasteiger partial charge in [-0.1, -0.05) is 30.7 Å². The molecule has 7 atom stereocenters. The highest BCUT2D eigenvalue weighted by Crippen LogP contribution is 2.30. The van der Waals surface area contributed by atoms with Crippen LogP contribution >= 0.6 is 0 Å². The second-order valence-corrected chi connectivity index (χ2v) is 12.6. The van der Waals surface area contributed by atoms with Crippen molar-refractivity contribution in [1.29, 1.82) is 0 Å². The molecule has 0 aromatic rings. The number of esters is 1. The predicted molar refractivity (Wildman–Crippen MR) is 174 cm³/mol. The van der Waals surface area contributed by atoms with Crippen molar-refractivity contribution in [3.8, 4) is 0 Å². The lowest BCUT2D eigenvalue weighted by Crippen LogP contribution is -2.50. The Bertz CT molecular complexity index is 1040. The number of carbonyl (C=O) groups is 3. The average Bonchev–Trinajstić information content (AvgIpc) is 2.97. The van der Waals surface area contributed by atoms with Gasteiger partial charge in [-0.05, 0) is 66.4 Å². The molecule has 0 unspecified atom stereocenters. The van der Waals surface area contributed by atoms with E-state index < -0.39 is 29.9 Å². The number of nitrogens with one attached hydrogen (secondary N) is 1. The van der Waals surface area contributed by atoms with Crippen LogP contribution in [0.3, 0.4) is 0 Å². The van der Waals surface area contributed by atoms with Gasteiger partial charge in [-0.2, -0.15) is 0 Å². The van der Waals surface area contributed by atoms with Crippen molar-refractivity contribution in [2.75, 3.05) is 46.2 Å². The van der Waals surface area contributed by atoms with Gasteiger partial charge < -0.3 is 38.5 Å². The Hall–Kier alpha value is -2.41. The number of amides is 1. The first-order valence-corrected chi connectivity index (χ1v) is 16.5. The van der Waals surface area contributed by atoms with Crippen molar-refractivity contribution < 1.29 is 47.5 Å². The number of allylic oxidation sites excluding steroid dienone is 2. The normalized spacial score (nSPS) is 27.7. The van der Waals surface area contributed by atoms with E-state index in [0.717, 1.165) is 12.0 Å². The van der Waals surface area contributed by atoms with Crippen LogP contribution in [0.15, 0.2) is 36.0 Å². The molecule has 11 nitrogen and oxygen atoms in total. The summed E-state index contributed by atoms with van der Waals surface area (Å²) in [6.45, 7) is 18.2. The first kappa shape index (κ1) is 39.8. The van der Waals surface area contributed by atoms with Crippen LogP contribution in [0.2, 0.25) is 0 Å². The molecular formula is C35H57NO10. The van der Waals surface area contributed by atoms with E-state index in [9.17, 15) is 14.4 Å². The van der Waals surface area contributed by atoms with Crippen molar-refractivity contribution in [2.24, 2.45) is 5.92 Å². The van der Waals surface area contributed by atoms with Crippen LogP contribution < -0.4 is 5.32 Å². The van der Waals surface area contributed by atoms with Gasteiger partial charge in [0.1, 0.15) is 18.3 Å². The standard InChI is InChI=1S/C35H57NO10/c1-9-40-16-17-41-18-19-42-20-21-43-34-30(38)23-35(7,8)46-32(34)14-11-24(2)10-13-31-25(3)22-29(27(5)45-31)36-33(39)15-12-26(4)44-28(6)37/h10-12,14-15,25-27,29,31-32,34H,9,13,16-23H2,1-8H3,(H,36,39)/b14-11+,15-12-,24-10+/t25-,26-,27+,29+,31-,32+,34-/m0/s1. The molecule has 1 amide bonds. The van der Waals surface area contributed by atoms with Crippen molar-refractivity contribution in [2.45, 2.75) is 117 Å². The van der Waals surface area contributed by atoms with Crippen molar-refractivity contribution >= 4 is 17.7 Å². The zero-order valence-electron chi connectivity index (χ0n) is 29.1. The van der Waals surface area contributed by atoms with Crippen molar-refractivity contribution in [1.82, 2.24) is 5.32 Å². The SMILES string of the molecule is CCOCCOCCOCCO[C@H]1C(=O)CC(C)(C)O[C@@H]1/C=C/C(C)=C/C[C@@H]1O[C@H](C)[C@H](NC(=O)/C=C\[C@H](C)OC(C)=O)C[C@@H]1C. The molecule has 1 N–H and O–H groups in total. The molecule has 0 saturated carbocycles. The molecule has 2 rings (SSSR count). The fourth-order valence-corrected chi connectivity index (χ4v) is 5.41. The summed E-state index contributed by atoms with van der Waals surface area (Å²) in [5, 5.41) is 3.01. The number of ether oxygens (including phenoxy) is 7. The smallest absolute Gasteiger partial charge is 0.303 e. The highest BCUT2D eigenvalue weighted by atomic mass is 16.6. The molecule has 2 saturated heterocycles. The van der Waals surface area contributed by atoms with Gasteiger partial charge in [-0.15, -0.1) is 0 Å². The maximum Gasteiger partial charge on any atom is 0.303 e. The Morgan fingerprint density at radius 3 is 2.33 bits per heavy atom. The molecule has 2 fully saturated rings. The number of hydrogen-bond donors (Lipinski definition) is 1. The summed E-state index contributed by atoms with van der Waals surface area (Å²) in [7, 11) is 0. The maximum absolute atomic E-state index is 13.0. The summed E-state index contributed by atoms with van der Waals surface area (Å²) >= 11 is 0. The first-order chi connectivity index (χ1) is 21.8.